The van der Waals surface area contributed by atoms with Crippen molar-refractivity contribution in [2.45, 2.75) is 51.8 Å². The topological polar surface area (TPSA) is 63.2 Å². The van der Waals surface area contributed by atoms with Gasteiger partial charge in [0.05, 0.1) is 11.8 Å². The van der Waals surface area contributed by atoms with Gasteiger partial charge in [0.1, 0.15) is 6.04 Å². The summed E-state index contributed by atoms with van der Waals surface area (Å²) in [7, 11) is 0. The van der Waals surface area contributed by atoms with E-state index in [1.54, 1.807) is 6.20 Å². The van der Waals surface area contributed by atoms with Crippen LogP contribution in [0.2, 0.25) is 0 Å². The summed E-state index contributed by atoms with van der Waals surface area (Å²) in [6.07, 6.45) is 3.91. The summed E-state index contributed by atoms with van der Waals surface area (Å²) in [5, 5.41) is 6.12. The number of hydrogen-bond acceptors (Lipinski definition) is 4. The van der Waals surface area contributed by atoms with Crippen LogP contribution in [0.4, 0.5) is 5.69 Å². The summed E-state index contributed by atoms with van der Waals surface area (Å²) in [4.78, 5) is 16.1. The van der Waals surface area contributed by atoms with Gasteiger partial charge in [-0.25, -0.2) is 4.98 Å². The molecule has 0 radical (unpaired) electrons. The van der Waals surface area contributed by atoms with E-state index in [0.717, 1.165) is 18.5 Å². The Kier molecular flexibility index (Phi) is 4.24. The highest BCUT2D eigenvalue weighted by molar-refractivity contribution is 5.85. The molecule has 1 heterocycles. The molecular weight excluding hydrogens is 242 g/mol. The summed E-state index contributed by atoms with van der Waals surface area (Å²) in [6.45, 7) is 5.73. The minimum absolute atomic E-state index is 0.0156. The number of pyridine rings is 1. The zero-order valence-electron chi connectivity index (χ0n) is 11.6. The van der Waals surface area contributed by atoms with Crippen molar-refractivity contribution in [2.24, 2.45) is 0 Å². The average molecular weight is 263 g/mol. The first-order chi connectivity index (χ1) is 9.06. The number of rotatable bonds is 6. The van der Waals surface area contributed by atoms with Crippen LogP contribution in [0.5, 0.6) is 5.88 Å². The minimum Gasteiger partial charge on any atom is -0.473 e. The first-order valence-corrected chi connectivity index (χ1v) is 6.75. The van der Waals surface area contributed by atoms with Crippen molar-refractivity contribution in [3.63, 3.8) is 0 Å². The summed E-state index contributed by atoms with van der Waals surface area (Å²) >= 11 is 0. The second-order valence-electron chi connectivity index (χ2n) is 5.17. The fourth-order valence-corrected chi connectivity index (χ4v) is 1.67. The van der Waals surface area contributed by atoms with Crippen LogP contribution in [0.3, 0.4) is 0 Å². The normalized spacial score (nSPS) is 16.0. The number of ether oxygens (including phenoxy) is 1. The van der Waals surface area contributed by atoms with Crippen molar-refractivity contribution in [1.82, 2.24) is 10.3 Å². The number of amides is 1. The molecule has 1 aromatic heterocycles. The Morgan fingerprint density at radius 1 is 1.42 bits per heavy atom. The fourth-order valence-electron chi connectivity index (χ4n) is 1.67. The van der Waals surface area contributed by atoms with Crippen LogP contribution in [0.15, 0.2) is 18.3 Å². The Morgan fingerprint density at radius 3 is 2.79 bits per heavy atom. The second kappa shape index (κ2) is 5.91. The average Bonchev–Trinajstić information content (AvgIpc) is 3.14. The molecule has 0 aromatic carbocycles. The van der Waals surface area contributed by atoms with Crippen molar-refractivity contribution in [3.8, 4) is 5.88 Å². The van der Waals surface area contributed by atoms with Gasteiger partial charge < -0.3 is 15.4 Å². The molecule has 1 atom stereocenters. The van der Waals surface area contributed by atoms with Gasteiger partial charge in [0, 0.05) is 12.2 Å². The van der Waals surface area contributed by atoms with Crippen LogP contribution in [0.1, 0.15) is 33.6 Å². The van der Waals surface area contributed by atoms with Gasteiger partial charge in [-0.2, -0.15) is 0 Å². The largest absolute Gasteiger partial charge is 0.473 e. The number of nitrogens with one attached hydrogen (secondary N) is 2. The molecule has 1 saturated carbocycles. The SMILES string of the molecule is CC(C)Oc1ncccc1NC(C)C(=O)NC1CC1. The Morgan fingerprint density at radius 2 is 2.16 bits per heavy atom. The minimum atomic E-state index is -0.306. The lowest BCUT2D eigenvalue weighted by Crippen LogP contribution is -2.38. The molecule has 1 unspecified atom stereocenters. The number of aromatic nitrogens is 1. The zero-order valence-corrected chi connectivity index (χ0v) is 11.6. The van der Waals surface area contributed by atoms with Crippen molar-refractivity contribution in [1.29, 1.82) is 0 Å². The van der Waals surface area contributed by atoms with Gasteiger partial charge in [-0.3, -0.25) is 4.79 Å². The van der Waals surface area contributed by atoms with Crippen LogP contribution in [0, 0.1) is 0 Å². The van der Waals surface area contributed by atoms with E-state index in [9.17, 15) is 4.79 Å². The molecule has 5 heteroatoms. The van der Waals surface area contributed by atoms with Gasteiger partial charge in [-0.1, -0.05) is 0 Å². The summed E-state index contributed by atoms with van der Waals surface area (Å²) in [5.41, 5.74) is 0.745. The molecule has 1 aliphatic carbocycles. The van der Waals surface area contributed by atoms with Crippen molar-refractivity contribution < 1.29 is 9.53 Å². The Hall–Kier alpha value is -1.78. The summed E-state index contributed by atoms with van der Waals surface area (Å²) in [6, 6.07) is 3.75. The molecule has 2 rings (SSSR count). The van der Waals surface area contributed by atoms with Gasteiger partial charge in [0.15, 0.2) is 0 Å². The molecule has 1 aliphatic rings. The van der Waals surface area contributed by atoms with Gasteiger partial charge in [0.25, 0.3) is 0 Å². The molecule has 0 spiro atoms. The first-order valence-electron chi connectivity index (χ1n) is 6.75. The van der Waals surface area contributed by atoms with Gasteiger partial charge in [0.2, 0.25) is 11.8 Å². The molecule has 0 bridgehead atoms. The number of nitrogens with zero attached hydrogens (tertiary/aromatic N) is 1. The quantitative estimate of drug-likeness (QED) is 0.823. The molecule has 0 saturated heterocycles. The zero-order chi connectivity index (χ0) is 13.8. The van der Waals surface area contributed by atoms with Crippen molar-refractivity contribution in [3.05, 3.63) is 18.3 Å². The number of carbonyl (C=O) groups excluding carboxylic acids is 1. The van der Waals surface area contributed by atoms with Crippen LogP contribution in [-0.4, -0.2) is 29.1 Å². The van der Waals surface area contributed by atoms with Crippen LogP contribution >= 0.6 is 0 Å². The van der Waals surface area contributed by atoms with Gasteiger partial charge in [-0.05, 0) is 45.7 Å². The van der Waals surface area contributed by atoms with E-state index in [0.29, 0.717) is 11.9 Å². The van der Waals surface area contributed by atoms with E-state index >= 15 is 0 Å². The van der Waals surface area contributed by atoms with Crippen molar-refractivity contribution in [2.75, 3.05) is 5.32 Å². The lowest BCUT2D eigenvalue weighted by atomic mass is 10.2. The lowest BCUT2D eigenvalue weighted by Gasteiger charge is -2.18. The number of anilines is 1. The Balaban J connectivity index is 1.98. The third kappa shape index (κ3) is 4.12. The van der Waals surface area contributed by atoms with E-state index < -0.39 is 0 Å². The second-order valence-corrected chi connectivity index (χ2v) is 5.17. The molecule has 1 amide bonds. The molecule has 1 aromatic rings. The molecule has 19 heavy (non-hydrogen) atoms. The van der Waals surface area contributed by atoms with E-state index in [1.807, 2.05) is 32.9 Å². The van der Waals surface area contributed by atoms with Gasteiger partial charge in [-0.15, -0.1) is 0 Å². The molecule has 5 nitrogen and oxygen atoms in total. The Bertz CT molecular complexity index is 444. The third-order valence-electron chi connectivity index (χ3n) is 2.81. The maximum Gasteiger partial charge on any atom is 0.242 e. The highest BCUT2D eigenvalue weighted by Crippen LogP contribution is 2.23. The number of hydrogen-bond donors (Lipinski definition) is 2. The molecule has 1 fully saturated rings. The summed E-state index contributed by atoms with van der Waals surface area (Å²) < 4.78 is 5.61. The maximum atomic E-state index is 11.9. The van der Waals surface area contributed by atoms with E-state index in [1.165, 1.54) is 0 Å². The van der Waals surface area contributed by atoms with Crippen LogP contribution < -0.4 is 15.4 Å². The van der Waals surface area contributed by atoms with Crippen LogP contribution in [-0.2, 0) is 4.79 Å². The monoisotopic (exact) mass is 263 g/mol. The van der Waals surface area contributed by atoms with E-state index in [2.05, 4.69) is 15.6 Å². The molecule has 2 N–H and O–H groups in total. The van der Waals surface area contributed by atoms with Crippen molar-refractivity contribution >= 4 is 11.6 Å². The molecule has 0 aliphatic heterocycles. The number of carbonyl (C=O) groups is 1. The highest BCUT2D eigenvalue weighted by atomic mass is 16.5. The lowest BCUT2D eigenvalue weighted by molar-refractivity contribution is -0.121. The van der Waals surface area contributed by atoms with Crippen LogP contribution in [0.25, 0.3) is 0 Å². The molecular formula is C14H21N3O2. The van der Waals surface area contributed by atoms with E-state index in [-0.39, 0.29) is 18.1 Å². The fraction of sp³-hybridized carbons (Fsp3) is 0.571. The molecule has 104 valence electrons. The smallest absolute Gasteiger partial charge is 0.242 e. The van der Waals surface area contributed by atoms with E-state index in [4.69, 9.17) is 4.74 Å². The Labute approximate surface area is 113 Å². The maximum absolute atomic E-state index is 11.9. The standard InChI is InChI=1S/C14H21N3O2/c1-9(2)19-14-12(5-4-8-15-14)16-10(3)13(18)17-11-6-7-11/h4-5,8-11,16H,6-7H2,1-3H3,(H,17,18). The summed E-state index contributed by atoms with van der Waals surface area (Å²) in [5.74, 6) is 0.547. The highest BCUT2D eigenvalue weighted by Gasteiger charge is 2.25. The predicted molar refractivity (Wildman–Crippen MR) is 74.3 cm³/mol. The predicted octanol–water partition coefficient (Wildman–Crippen LogP) is 1.95. The van der Waals surface area contributed by atoms with Gasteiger partial charge >= 0.3 is 0 Å². The third-order valence-corrected chi connectivity index (χ3v) is 2.81. The first kappa shape index (κ1) is 13.6.